The number of carboxylic acid groups (broad SMARTS) is 1. The van der Waals surface area contributed by atoms with Gasteiger partial charge in [0.1, 0.15) is 5.60 Å². The molecule has 7 heteroatoms. The van der Waals surface area contributed by atoms with Crippen molar-refractivity contribution in [3.05, 3.63) is 71.8 Å². The molecule has 1 aliphatic heterocycles. The van der Waals surface area contributed by atoms with Crippen molar-refractivity contribution in [2.45, 2.75) is 69.6 Å². The molecule has 2 aliphatic rings. The Morgan fingerprint density at radius 2 is 1.57 bits per heavy atom. The predicted octanol–water partition coefficient (Wildman–Crippen LogP) is 4.36. The number of carbonyl (C=O) groups excluding carboxylic acids is 1. The standard InChI is InChI=1S/C30H41N3O4/c1-22(30(37,25-10-4-2-5-11-25)26-12-6-3-7-13-26)31-29(36)32-27-16-14-23(15-17-27)18-20-33-19-8-9-24(21-33)28(34)35/h2-7,10-13,22-24,27,37H,8-9,14-21H2,1H3,(H,34,35)(H2,31,32,36)/t22-,23-,24?,27-/m1/s1. The summed E-state index contributed by atoms with van der Waals surface area (Å²) in [5, 5.41) is 27.3. The fourth-order valence-electron chi connectivity index (χ4n) is 6.00. The lowest BCUT2D eigenvalue weighted by Crippen LogP contribution is -2.54. The molecule has 0 bridgehead atoms. The fraction of sp³-hybridized carbons (Fsp3) is 0.533. The van der Waals surface area contributed by atoms with Crippen LogP contribution in [0.2, 0.25) is 0 Å². The van der Waals surface area contributed by atoms with Gasteiger partial charge >= 0.3 is 12.0 Å². The first-order chi connectivity index (χ1) is 17.9. The summed E-state index contributed by atoms with van der Waals surface area (Å²) < 4.78 is 0. The quantitative estimate of drug-likeness (QED) is 0.404. The molecular weight excluding hydrogens is 466 g/mol. The third-order valence-corrected chi connectivity index (χ3v) is 8.29. The van der Waals surface area contributed by atoms with E-state index in [-0.39, 0.29) is 18.0 Å². The molecule has 1 saturated heterocycles. The maximum absolute atomic E-state index is 12.9. The molecule has 0 aromatic heterocycles. The average molecular weight is 508 g/mol. The number of rotatable bonds is 9. The van der Waals surface area contributed by atoms with Crippen LogP contribution in [0.1, 0.15) is 63.0 Å². The second-order valence-electron chi connectivity index (χ2n) is 10.8. The van der Waals surface area contributed by atoms with Crippen molar-refractivity contribution >= 4 is 12.0 Å². The minimum Gasteiger partial charge on any atom is -0.481 e. The van der Waals surface area contributed by atoms with Crippen LogP contribution in [0.25, 0.3) is 0 Å². The number of hydrogen-bond donors (Lipinski definition) is 4. The van der Waals surface area contributed by atoms with Crippen LogP contribution in [0.5, 0.6) is 0 Å². The summed E-state index contributed by atoms with van der Waals surface area (Å²) in [6.07, 6.45) is 6.84. The molecule has 2 aromatic carbocycles. The summed E-state index contributed by atoms with van der Waals surface area (Å²) in [7, 11) is 0. The fourth-order valence-corrected chi connectivity index (χ4v) is 6.00. The third-order valence-electron chi connectivity index (χ3n) is 8.29. The van der Waals surface area contributed by atoms with E-state index in [2.05, 4.69) is 15.5 Å². The number of likely N-dealkylation sites (tertiary alicyclic amines) is 1. The number of hydrogen-bond acceptors (Lipinski definition) is 4. The van der Waals surface area contributed by atoms with E-state index < -0.39 is 17.6 Å². The van der Waals surface area contributed by atoms with Gasteiger partial charge in [-0.25, -0.2) is 4.79 Å². The highest BCUT2D eigenvalue weighted by Gasteiger charge is 2.38. The minimum atomic E-state index is -1.36. The molecule has 1 aliphatic carbocycles. The predicted molar refractivity (Wildman–Crippen MR) is 144 cm³/mol. The van der Waals surface area contributed by atoms with Gasteiger partial charge in [0.2, 0.25) is 0 Å². The molecule has 7 nitrogen and oxygen atoms in total. The van der Waals surface area contributed by atoms with E-state index in [0.717, 1.165) is 69.2 Å². The van der Waals surface area contributed by atoms with Crippen molar-refractivity contribution in [3.8, 4) is 0 Å². The zero-order valence-electron chi connectivity index (χ0n) is 21.8. The van der Waals surface area contributed by atoms with Gasteiger partial charge in [-0.3, -0.25) is 4.79 Å². The van der Waals surface area contributed by atoms with Crippen LogP contribution >= 0.6 is 0 Å². The summed E-state index contributed by atoms with van der Waals surface area (Å²) in [5.74, 6) is -0.280. The lowest BCUT2D eigenvalue weighted by atomic mass is 9.81. The average Bonchev–Trinajstić information content (AvgIpc) is 2.93. The Kier molecular flexibility index (Phi) is 9.22. The largest absolute Gasteiger partial charge is 0.481 e. The number of amides is 2. The molecule has 1 heterocycles. The zero-order valence-corrected chi connectivity index (χ0v) is 21.8. The zero-order chi connectivity index (χ0) is 26.3. The number of carboxylic acids is 1. The lowest BCUT2D eigenvalue weighted by molar-refractivity contribution is -0.143. The van der Waals surface area contributed by atoms with E-state index in [1.807, 2.05) is 67.6 Å². The normalized spacial score (nSPS) is 23.7. The summed E-state index contributed by atoms with van der Waals surface area (Å²) in [6, 6.07) is 18.3. The van der Waals surface area contributed by atoms with E-state index in [1.165, 1.54) is 0 Å². The van der Waals surface area contributed by atoms with Gasteiger partial charge in [0.05, 0.1) is 12.0 Å². The summed E-state index contributed by atoms with van der Waals surface area (Å²) >= 11 is 0. The Morgan fingerprint density at radius 3 is 2.14 bits per heavy atom. The van der Waals surface area contributed by atoms with Crippen LogP contribution in [-0.4, -0.2) is 58.8 Å². The molecule has 1 unspecified atom stereocenters. The number of nitrogens with zero attached hydrogens (tertiary/aromatic N) is 1. The molecule has 4 N–H and O–H groups in total. The van der Waals surface area contributed by atoms with Crippen LogP contribution in [0.15, 0.2) is 60.7 Å². The molecule has 2 aromatic rings. The summed E-state index contributed by atoms with van der Waals surface area (Å²) in [5.41, 5.74) is 0.113. The van der Waals surface area contributed by atoms with Gasteiger partial charge in [-0.05, 0) is 82.0 Å². The topological polar surface area (TPSA) is 102 Å². The van der Waals surface area contributed by atoms with Crippen LogP contribution in [0.3, 0.4) is 0 Å². The number of benzene rings is 2. The smallest absolute Gasteiger partial charge is 0.315 e. The Labute approximate surface area is 220 Å². The SMILES string of the molecule is C[C@@H](NC(=O)N[C@H]1CC[C@H](CCN2CCCC(C(=O)O)C2)CC1)C(O)(c1ccccc1)c1ccccc1. The monoisotopic (exact) mass is 507 g/mol. The Hall–Kier alpha value is -2.90. The number of urea groups is 1. The van der Waals surface area contributed by atoms with Crippen LogP contribution in [0, 0.1) is 11.8 Å². The Balaban J connectivity index is 1.26. The highest BCUT2D eigenvalue weighted by Crippen LogP contribution is 2.33. The van der Waals surface area contributed by atoms with E-state index >= 15 is 0 Å². The van der Waals surface area contributed by atoms with Gasteiger partial charge in [-0.15, -0.1) is 0 Å². The van der Waals surface area contributed by atoms with Gasteiger partial charge in [0.15, 0.2) is 0 Å². The first-order valence-electron chi connectivity index (χ1n) is 13.7. The van der Waals surface area contributed by atoms with Gasteiger partial charge in [0, 0.05) is 12.6 Å². The Morgan fingerprint density at radius 1 is 0.973 bits per heavy atom. The molecule has 2 amide bonds. The van der Waals surface area contributed by atoms with Crippen molar-refractivity contribution in [2.24, 2.45) is 11.8 Å². The number of nitrogens with one attached hydrogen (secondary N) is 2. The van der Waals surface area contributed by atoms with Crippen LogP contribution < -0.4 is 10.6 Å². The van der Waals surface area contributed by atoms with Gasteiger partial charge < -0.3 is 25.7 Å². The van der Waals surface area contributed by atoms with E-state index in [9.17, 15) is 19.8 Å². The van der Waals surface area contributed by atoms with Crippen LogP contribution in [0.4, 0.5) is 4.79 Å². The van der Waals surface area contributed by atoms with E-state index in [0.29, 0.717) is 12.5 Å². The van der Waals surface area contributed by atoms with Crippen molar-refractivity contribution in [1.82, 2.24) is 15.5 Å². The molecule has 200 valence electrons. The molecular formula is C30H41N3O4. The van der Waals surface area contributed by atoms with Gasteiger partial charge in [0.25, 0.3) is 0 Å². The molecule has 4 rings (SSSR count). The highest BCUT2D eigenvalue weighted by atomic mass is 16.4. The molecule has 2 fully saturated rings. The van der Waals surface area contributed by atoms with Gasteiger partial charge in [-0.2, -0.15) is 0 Å². The number of aliphatic hydroxyl groups is 1. The third kappa shape index (κ3) is 6.90. The minimum absolute atomic E-state index is 0.122. The van der Waals surface area contributed by atoms with E-state index in [4.69, 9.17) is 0 Å². The summed E-state index contributed by atoms with van der Waals surface area (Å²) in [6.45, 7) is 4.47. The molecule has 37 heavy (non-hydrogen) atoms. The maximum Gasteiger partial charge on any atom is 0.315 e. The molecule has 0 spiro atoms. The van der Waals surface area contributed by atoms with Crippen molar-refractivity contribution in [2.75, 3.05) is 19.6 Å². The maximum atomic E-state index is 12.9. The van der Waals surface area contributed by atoms with E-state index in [1.54, 1.807) is 0 Å². The van der Waals surface area contributed by atoms with Crippen molar-refractivity contribution in [1.29, 1.82) is 0 Å². The highest BCUT2D eigenvalue weighted by molar-refractivity contribution is 5.75. The van der Waals surface area contributed by atoms with Crippen molar-refractivity contribution in [3.63, 3.8) is 0 Å². The number of aliphatic carboxylic acids is 1. The number of carbonyl (C=O) groups is 2. The molecule has 1 saturated carbocycles. The summed E-state index contributed by atoms with van der Waals surface area (Å²) in [4.78, 5) is 26.6. The lowest BCUT2D eigenvalue weighted by Gasteiger charge is -2.36. The first kappa shape index (κ1) is 27.1. The van der Waals surface area contributed by atoms with Gasteiger partial charge in [-0.1, -0.05) is 60.7 Å². The second-order valence-corrected chi connectivity index (χ2v) is 10.8. The molecule has 2 atom stereocenters. The second kappa shape index (κ2) is 12.6. The number of piperidine rings is 1. The first-order valence-corrected chi connectivity index (χ1v) is 13.7. The Bertz CT molecular complexity index is 969. The molecule has 0 radical (unpaired) electrons. The van der Waals surface area contributed by atoms with Crippen molar-refractivity contribution < 1.29 is 19.8 Å². The van der Waals surface area contributed by atoms with Crippen LogP contribution in [-0.2, 0) is 10.4 Å².